The standard InChI is InChI=1S/C30H32O7S/c1-5-6-15-36-26-17-20(35-4)16-23-24(26)18-29(3,32)30(38(33,34)21-13-11-19(2)12-14-21)27(31)22-9-7-8-10-25(22)37-28(23)30/h7-14,16-17,28,32H,5-6,15,18H2,1-4H3/t28-,29-,30+/m0/s1. The van der Waals surface area contributed by atoms with Gasteiger partial charge in [0, 0.05) is 23.6 Å². The number of aryl methyl sites for hydroxylation is 1. The highest BCUT2D eigenvalue weighted by Gasteiger charge is 2.72. The van der Waals surface area contributed by atoms with Crippen LogP contribution in [0.3, 0.4) is 0 Å². The molecule has 0 bridgehead atoms. The number of ketones is 1. The van der Waals surface area contributed by atoms with Gasteiger partial charge in [-0.25, -0.2) is 8.42 Å². The fourth-order valence-electron chi connectivity index (χ4n) is 5.66. The topological polar surface area (TPSA) is 99.1 Å². The molecule has 38 heavy (non-hydrogen) atoms. The number of methoxy groups -OCH3 is 1. The van der Waals surface area contributed by atoms with Gasteiger partial charge >= 0.3 is 0 Å². The summed E-state index contributed by atoms with van der Waals surface area (Å²) in [6, 6.07) is 16.3. The largest absolute Gasteiger partial charge is 0.497 e. The second-order valence-corrected chi connectivity index (χ2v) is 12.3. The molecular weight excluding hydrogens is 504 g/mol. The second-order valence-electron chi connectivity index (χ2n) is 10.2. The Labute approximate surface area is 223 Å². The quantitative estimate of drug-likeness (QED) is 0.424. The Morgan fingerprint density at radius 1 is 1.11 bits per heavy atom. The minimum absolute atomic E-state index is 0.0597. The van der Waals surface area contributed by atoms with Crippen LogP contribution in [-0.2, 0) is 16.3 Å². The molecule has 3 atom stereocenters. The van der Waals surface area contributed by atoms with Crippen LogP contribution in [0.2, 0.25) is 0 Å². The number of ether oxygens (including phenoxy) is 3. The van der Waals surface area contributed by atoms with E-state index in [4.69, 9.17) is 14.2 Å². The van der Waals surface area contributed by atoms with Crippen LogP contribution in [0.5, 0.6) is 17.2 Å². The summed E-state index contributed by atoms with van der Waals surface area (Å²) in [6.07, 6.45) is 0.268. The monoisotopic (exact) mass is 536 g/mol. The van der Waals surface area contributed by atoms with Crippen molar-refractivity contribution in [3.8, 4) is 17.2 Å². The summed E-state index contributed by atoms with van der Waals surface area (Å²) in [7, 11) is -2.99. The van der Waals surface area contributed by atoms with E-state index in [0.717, 1.165) is 18.4 Å². The first kappa shape index (κ1) is 26.3. The number of Topliss-reactive ketones (excluding diaryl/α,β-unsaturated/α-hetero) is 1. The molecule has 0 spiro atoms. The van der Waals surface area contributed by atoms with E-state index in [-0.39, 0.29) is 22.6 Å². The molecule has 0 saturated carbocycles. The Morgan fingerprint density at radius 3 is 2.50 bits per heavy atom. The molecule has 2 aliphatic rings. The van der Waals surface area contributed by atoms with Gasteiger partial charge in [-0.3, -0.25) is 4.79 Å². The first-order valence-electron chi connectivity index (χ1n) is 12.8. The summed E-state index contributed by atoms with van der Waals surface area (Å²) in [5, 5.41) is 12.2. The molecule has 0 saturated heterocycles. The number of carbonyl (C=O) groups excluding carboxylic acids is 1. The maximum Gasteiger partial charge on any atom is 0.208 e. The van der Waals surface area contributed by atoms with Crippen molar-refractivity contribution in [1.82, 2.24) is 0 Å². The fraction of sp³-hybridized carbons (Fsp3) is 0.367. The highest BCUT2D eigenvalue weighted by Crippen LogP contribution is 2.58. The summed E-state index contributed by atoms with van der Waals surface area (Å²) >= 11 is 0. The lowest BCUT2D eigenvalue weighted by Gasteiger charge is -2.53. The third-order valence-electron chi connectivity index (χ3n) is 7.65. The van der Waals surface area contributed by atoms with Gasteiger partial charge in [0.25, 0.3) is 0 Å². The predicted molar refractivity (Wildman–Crippen MR) is 143 cm³/mol. The summed E-state index contributed by atoms with van der Waals surface area (Å²) in [5.41, 5.74) is -0.0182. The number of unbranched alkanes of at least 4 members (excludes halogenated alkanes) is 1. The number of fused-ring (bicyclic) bond motifs is 4. The van der Waals surface area contributed by atoms with E-state index in [9.17, 15) is 18.3 Å². The first-order chi connectivity index (χ1) is 18.1. The number of hydrogen-bond donors (Lipinski definition) is 1. The Morgan fingerprint density at radius 2 is 1.82 bits per heavy atom. The van der Waals surface area contributed by atoms with E-state index in [1.807, 2.05) is 6.92 Å². The van der Waals surface area contributed by atoms with Crippen LogP contribution in [0.25, 0.3) is 0 Å². The molecule has 1 N–H and O–H groups in total. The highest BCUT2D eigenvalue weighted by molar-refractivity contribution is 7.93. The van der Waals surface area contributed by atoms with E-state index < -0.39 is 32.1 Å². The van der Waals surface area contributed by atoms with Crippen molar-refractivity contribution in [2.45, 2.75) is 61.4 Å². The number of para-hydroxylation sites is 1. The van der Waals surface area contributed by atoms with Gasteiger partial charge in [-0.2, -0.15) is 0 Å². The molecular formula is C30H32O7S. The van der Waals surface area contributed by atoms with Crippen molar-refractivity contribution < 1.29 is 32.5 Å². The fourth-order valence-corrected chi connectivity index (χ4v) is 7.99. The van der Waals surface area contributed by atoms with Gasteiger partial charge in [-0.1, -0.05) is 43.2 Å². The molecule has 7 nitrogen and oxygen atoms in total. The van der Waals surface area contributed by atoms with Gasteiger partial charge in [0.2, 0.25) is 4.75 Å². The van der Waals surface area contributed by atoms with Gasteiger partial charge in [0.05, 0.1) is 29.8 Å². The van der Waals surface area contributed by atoms with E-state index in [0.29, 0.717) is 29.2 Å². The van der Waals surface area contributed by atoms with E-state index in [1.54, 1.807) is 42.5 Å². The summed E-state index contributed by atoms with van der Waals surface area (Å²) in [6.45, 7) is 5.75. The van der Waals surface area contributed by atoms with Crippen LogP contribution in [0.4, 0.5) is 0 Å². The minimum Gasteiger partial charge on any atom is -0.497 e. The molecule has 1 heterocycles. The Bertz CT molecular complexity index is 1490. The Hall–Kier alpha value is -3.36. The van der Waals surface area contributed by atoms with Gasteiger partial charge in [0.1, 0.15) is 17.2 Å². The van der Waals surface area contributed by atoms with E-state index >= 15 is 0 Å². The van der Waals surface area contributed by atoms with Crippen LogP contribution >= 0.6 is 0 Å². The number of carbonyl (C=O) groups is 1. The average molecular weight is 537 g/mol. The van der Waals surface area contributed by atoms with Crippen molar-refractivity contribution >= 4 is 15.6 Å². The average Bonchev–Trinajstić information content (AvgIpc) is 2.89. The van der Waals surface area contributed by atoms with Crippen LogP contribution in [0, 0.1) is 6.92 Å². The van der Waals surface area contributed by atoms with E-state index in [2.05, 4.69) is 6.92 Å². The number of benzene rings is 3. The molecule has 8 heteroatoms. The molecule has 0 aromatic heterocycles. The molecule has 0 fully saturated rings. The second kappa shape index (κ2) is 9.43. The van der Waals surface area contributed by atoms with Gasteiger partial charge in [0.15, 0.2) is 21.7 Å². The van der Waals surface area contributed by atoms with Crippen molar-refractivity contribution in [3.63, 3.8) is 0 Å². The number of sulfone groups is 1. The van der Waals surface area contributed by atoms with Crippen molar-refractivity contribution in [3.05, 3.63) is 82.9 Å². The van der Waals surface area contributed by atoms with Crippen LogP contribution in [0.15, 0.2) is 65.6 Å². The van der Waals surface area contributed by atoms with Crippen molar-refractivity contribution in [2.75, 3.05) is 13.7 Å². The van der Waals surface area contributed by atoms with Crippen LogP contribution in [0.1, 0.15) is 59.8 Å². The SMILES string of the molecule is CCCCOc1cc(OC)cc2c1C[C@](C)(O)[C@@]1(S(=O)(=O)c3ccc(C)cc3)C(=O)c3ccccc3O[C@@H]21. The molecule has 0 amide bonds. The third kappa shape index (κ3) is 3.73. The third-order valence-corrected chi connectivity index (χ3v) is 10.2. The lowest BCUT2D eigenvalue weighted by molar-refractivity contribution is -0.0386. The van der Waals surface area contributed by atoms with Crippen LogP contribution < -0.4 is 14.2 Å². The summed E-state index contributed by atoms with van der Waals surface area (Å²) < 4.78 is 44.9. The molecule has 0 radical (unpaired) electrons. The molecule has 5 rings (SSSR count). The van der Waals surface area contributed by atoms with Gasteiger partial charge in [-0.15, -0.1) is 0 Å². The van der Waals surface area contributed by atoms with Gasteiger partial charge < -0.3 is 19.3 Å². The summed E-state index contributed by atoms with van der Waals surface area (Å²) in [5.74, 6) is 0.478. The number of rotatable bonds is 7. The van der Waals surface area contributed by atoms with Gasteiger partial charge in [-0.05, 0) is 50.6 Å². The predicted octanol–water partition coefficient (Wildman–Crippen LogP) is 5.02. The smallest absolute Gasteiger partial charge is 0.208 e. The minimum atomic E-state index is -4.50. The number of aliphatic hydroxyl groups is 1. The lowest BCUT2D eigenvalue weighted by atomic mass is 9.66. The molecule has 1 aliphatic heterocycles. The Kier molecular flexibility index (Phi) is 6.52. The zero-order valence-corrected chi connectivity index (χ0v) is 22.8. The molecule has 200 valence electrons. The zero-order valence-electron chi connectivity index (χ0n) is 22.0. The van der Waals surface area contributed by atoms with Crippen LogP contribution in [-0.4, -0.2) is 43.4 Å². The normalized spacial score (nSPS) is 24.0. The zero-order chi connectivity index (χ0) is 27.3. The Balaban J connectivity index is 1.83. The highest BCUT2D eigenvalue weighted by atomic mass is 32.2. The molecule has 3 aromatic rings. The number of hydrogen-bond acceptors (Lipinski definition) is 7. The van der Waals surface area contributed by atoms with Crippen molar-refractivity contribution in [2.24, 2.45) is 0 Å². The molecule has 3 aromatic carbocycles. The summed E-state index contributed by atoms with van der Waals surface area (Å²) in [4.78, 5) is 14.4. The van der Waals surface area contributed by atoms with E-state index in [1.165, 1.54) is 32.2 Å². The lowest BCUT2D eigenvalue weighted by Crippen LogP contribution is -2.70. The molecule has 0 unspecified atom stereocenters. The molecule has 1 aliphatic carbocycles. The maximum atomic E-state index is 14.6. The maximum absolute atomic E-state index is 14.6. The van der Waals surface area contributed by atoms with Crippen molar-refractivity contribution in [1.29, 1.82) is 0 Å². The first-order valence-corrected chi connectivity index (χ1v) is 14.2.